The number of carbonyl (C=O) groups is 1. The van der Waals surface area contributed by atoms with Crippen LogP contribution in [0.25, 0.3) is 6.08 Å². The minimum absolute atomic E-state index is 0.0121. The van der Waals surface area contributed by atoms with Gasteiger partial charge in [-0.05, 0) is 24.3 Å². The van der Waals surface area contributed by atoms with E-state index in [4.69, 9.17) is 14.2 Å². The van der Waals surface area contributed by atoms with E-state index in [1.807, 2.05) is 0 Å². The summed E-state index contributed by atoms with van der Waals surface area (Å²) >= 11 is 0. The summed E-state index contributed by atoms with van der Waals surface area (Å²) in [5.74, 6) is 0.0243. The van der Waals surface area contributed by atoms with Crippen LogP contribution in [0, 0.1) is 10.1 Å². The highest BCUT2D eigenvalue weighted by atomic mass is 16.6. The van der Waals surface area contributed by atoms with Gasteiger partial charge >= 0.3 is 11.7 Å². The van der Waals surface area contributed by atoms with Crippen molar-refractivity contribution >= 4 is 23.6 Å². The molecule has 132 valence electrons. The summed E-state index contributed by atoms with van der Waals surface area (Å²) in [5, 5.41) is 11.1. The van der Waals surface area contributed by atoms with Crippen LogP contribution in [0.2, 0.25) is 0 Å². The Morgan fingerprint density at radius 1 is 1.12 bits per heavy atom. The maximum atomic E-state index is 12.1. The van der Waals surface area contributed by atoms with E-state index >= 15 is 0 Å². The smallest absolute Gasteiger partial charge is 0.363 e. The quantitative estimate of drug-likeness (QED) is 0.354. The summed E-state index contributed by atoms with van der Waals surface area (Å²) in [6, 6.07) is 11.3. The first-order valence-electron chi connectivity index (χ1n) is 7.52. The molecular formula is C18H14N2O6. The summed E-state index contributed by atoms with van der Waals surface area (Å²) in [6.07, 6.45) is 1.53. The van der Waals surface area contributed by atoms with Crippen LogP contribution in [0.15, 0.2) is 53.2 Å². The molecule has 8 nitrogen and oxygen atoms in total. The Balaban J connectivity index is 1.99. The number of ether oxygens (including phenoxy) is 3. The van der Waals surface area contributed by atoms with E-state index in [2.05, 4.69) is 4.99 Å². The van der Waals surface area contributed by atoms with Crippen molar-refractivity contribution in [3.05, 3.63) is 69.4 Å². The van der Waals surface area contributed by atoms with Crippen LogP contribution in [-0.4, -0.2) is 31.0 Å². The van der Waals surface area contributed by atoms with Gasteiger partial charge in [0, 0.05) is 17.2 Å². The first-order valence-corrected chi connectivity index (χ1v) is 7.52. The molecule has 2 aromatic carbocycles. The predicted molar refractivity (Wildman–Crippen MR) is 93.2 cm³/mol. The standard InChI is InChI=1S/C18H14N2O6/c1-24-15-6-4-3-5-11(15)9-13-18(21)26-17(19-13)12-7-8-16(25-2)14(10-12)20(22)23/h3-10H,1-2H3. The van der Waals surface area contributed by atoms with Crippen molar-refractivity contribution in [2.75, 3.05) is 14.2 Å². The Bertz CT molecular complexity index is 948. The highest BCUT2D eigenvalue weighted by Crippen LogP contribution is 2.30. The van der Waals surface area contributed by atoms with Gasteiger partial charge in [-0.25, -0.2) is 9.79 Å². The van der Waals surface area contributed by atoms with Crippen LogP contribution in [-0.2, 0) is 9.53 Å². The fourth-order valence-electron chi connectivity index (χ4n) is 2.43. The lowest BCUT2D eigenvalue weighted by molar-refractivity contribution is -0.385. The molecule has 0 amide bonds. The summed E-state index contributed by atoms with van der Waals surface area (Å²) in [4.78, 5) is 26.8. The highest BCUT2D eigenvalue weighted by molar-refractivity contribution is 6.13. The van der Waals surface area contributed by atoms with Crippen LogP contribution in [0.1, 0.15) is 11.1 Å². The zero-order valence-corrected chi connectivity index (χ0v) is 14.0. The Kier molecular flexibility index (Phi) is 4.66. The molecule has 8 heteroatoms. The Labute approximate surface area is 148 Å². The van der Waals surface area contributed by atoms with Crippen molar-refractivity contribution in [3.63, 3.8) is 0 Å². The lowest BCUT2D eigenvalue weighted by atomic mass is 10.1. The average Bonchev–Trinajstić information content (AvgIpc) is 3.02. The lowest BCUT2D eigenvalue weighted by Gasteiger charge is -2.03. The zero-order valence-electron chi connectivity index (χ0n) is 14.0. The Morgan fingerprint density at radius 2 is 1.85 bits per heavy atom. The summed E-state index contributed by atoms with van der Waals surface area (Å²) in [6.45, 7) is 0. The molecule has 0 aliphatic carbocycles. The third kappa shape index (κ3) is 3.25. The van der Waals surface area contributed by atoms with Crippen molar-refractivity contribution in [3.8, 4) is 11.5 Å². The molecule has 0 N–H and O–H groups in total. The van der Waals surface area contributed by atoms with E-state index < -0.39 is 10.9 Å². The molecule has 0 saturated carbocycles. The third-order valence-electron chi connectivity index (χ3n) is 3.67. The molecule has 0 bridgehead atoms. The molecule has 0 spiro atoms. The monoisotopic (exact) mass is 354 g/mol. The largest absolute Gasteiger partial charge is 0.496 e. The average molecular weight is 354 g/mol. The maximum absolute atomic E-state index is 12.1. The molecule has 1 aliphatic rings. The normalized spacial score (nSPS) is 14.8. The van der Waals surface area contributed by atoms with Crippen LogP contribution < -0.4 is 9.47 Å². The van der Waals surface area contributed by atoms with E-state index in [1.54, 1.807) is 24.3 Å². The summed E-state index contributed by atoms with van der Waals surface area (Å²) in [5.41, 5.74) is 0.788. The predicted octanol–water partition coefficient (Wildman–Crippen LogP) is 2.96. The van der Waals surface area contributed by atoms with E-state index in [1.165, 1.54) is 38.5 Å². The Hall–Kier alpha value is -3.68. The van der Waals surface area contributed by atoms with Crippen molar-refractivity contribution in [2.24, 2.45) is 4.99 Å². The lowest BCUT2D eigenvalue weighted by Crippen LogP contribution is -2.06. The number of para-hydroxylation sites is 1. The number of nitrogens with zero attached hydrogens (tertiary/aromatic N) is 2. The number of carbonyl (C=O) groups excluding carboxylic acids is 1. The van der Waals surface area contributed by atoms with Gasteiger partial charge in [0.15, 0.2) is 11.4 Å². The molecular weight excluding hydrogens is 340 g/mol. The summed E-state index contributed by atoms with van der Waals surface area (Å²) in [7, 11) is 2.86. The van der Waals surface area contributed by atoms with Crippen LogP contribution in [0.5, 0.6) is 11.5 Å². The van der Waals surface area contributed by atoms with Gasteiger partial charge in [0.1, 0.15) is 5.75 Å². The number of hydrogen-bond acceptors (Lipinski definition) is 7. The number of esters is 1. The molecule has 0 aromatic heterocycles. The molecule has 0 fully saturated rings. The number of benzene rings is 2. The van der Waals surface area contributed by atoms with Crippen molar-refractivity contribution in [1.82, 2.24) is 0 Å². The third-order valence-corrected chi connectivity index (χ3v) is 3.67. The summed E-state index contributed by atoms with van der Waals surface area (Å²) < 4.78 is 15.3. The van der Waals surface area contributed by atoms with Crippen molar-refractivity contribution in [2.45, 2.75) is 0 Å². The number of nitro benzene ring substituents is 1. The number of hydrogen-bond donors (Lipinski definition) is 0. The van der Waals surface area contributed by atoms with Gasteiger partial charge in [-0.3, -0.25) is 10.1 Å². The molecule has 26 heavy (non-hydrogen) atoms. The molecule has 3 rings (SSSR count). The molecule has 1 aliphatic heterocycles. The topological polar surface area (TPSA) is 100 Å². The Morgan fingerprint density at radius 3 is 2.54 bits per heavy atom. The number of nitro groups is 1. The van der Waals surface area contributed by atoms with E-state index in [0.717, 1.165) is 0 Å². The maximum Gasteiger partial charge on any atom is 0.363 e. The zero-order chi connectivity index (χ0) is 18.7. The molecule has 2 aromatic rings. The second-order valence-corrected chi connectivity index (χ2v) is 5.22. The van der Waals surface area contributed by atoms with Gasteiger partial charge in [-0.2, -0.15) is 0 Å². The SMILES string of the molecule is COc1ccccc1C=C1N=C(c2ccc(OC)c([N+](=O)[O-])c2)OC1=O. The van der Waals surface area contributed by atoms with Crippen molar-refractivity contribution in [1.29, 1.82) is 0 Å². The second-order valence-electron chi connectivity index (χ2n) is 5.22. The molecule has 0 unspecified atom stereocenters. The highest BCUT2D eigenvalue weighted by Gasteiger charge is 2.26. The molecule has 0 atom stereocenters. The minimum Gasteiger partial charge on any atom is -0.496 e. The van der Waals surface area contributed by atoms with E-state index in [-0.39, 0.29) is 23.0 Å². The fraction of sp³-hybridized carbons (Fsp3) is 0.111. The first kappa shape index (κ1) is 17.2. The number of cyclic esters (lactones) is 1. The van der Waals surface area contributed by atoms with Gasteiger partial charge in [0.05, 0.1) is 19.1 Å². The van der Waals surface area contributed by atoms with Gasteiger partial charge in [-0.1, -0.05) is 18.2 Å². The van der Waals surface area contributed by atoms with Crippen LogP contribution >= 0.6 is 0 Å². The number of methoxy groups -OCH3 is 2. The van der Waals surface area contributed by atoms with Crippen molar-refractivity contribution < 1.29 is 23.9 Å². The van der Waals surface area contributed by atoms with E-state index in [0.29, 0.717) is 16.9 Å². The fourth-order valence-corrected chi connectivity index (χ4v) is 2.43. The molecule has 0 radical (unpaired) electrons. The molecule has 1 heterocycles. The van der Waals surface area contributed by atoms with Crippen LogP contribution in [0.4, 0.5) is 5.69 Å². The van der Waals surface area contributed by atoms with Crippen LogP contribution in [0.3, 0.4) is 0 Å². The first-order chi connectivity index (χ1) is 12.5. The van der Waals surface area contributed by atoms with Gasteiger partial charge < -0.3 is 14.2 Å². The number of aliphatic imine (C=N–C) groups is 1. The van der Waals surface area contributed by atoms with Gasteiger partial charge in [0.25, 0.3) is 0 Å². The van der Waals surface area contributed by atoms with Gasteiger partial charge in [0.2, 0.25) is 5.90 Å². The number of rotatable bonds is 5. The molecule has 0 saturated heterocycles. The second kappa shape index (κ2) is 7.06. The van der Waals surface area contributed by atoms with E-state index in [9.17, 15) is 14.9 Å². The van der Waals surface area contributed by atoms with Gasteiger partial charge in [-0.15, -0.1) is 0 Å². The minimum atomic E-state index is -0.649.